The van der Waals surface area contributed by atoms with Gasteiger partial charge >= 0.3 is 12.0 Å². The van der Waals surface area contributed by atoms with Crippen molar-refractivity contribution in [1.82, 2.24) is 20.6 Å². The Labute approximate surface area is 265 Å². The van der Waals surface area contributed by atoms with Crippen LogP contribution in [0.4, 0.5) is 4.79 Å². The van der Waals surface area contributed by atoms with Gasteiger partial charge < -0.3 is 29.4 Å². The number of carbonyl (C=O) groups is 3. The molecule has 5 rings (SSSR count). The quantitative estimate of drug-likeness (QED) is 0.128. The first-order valence-electron chi connectivity index (χ1n) is 14.5. The van der Waals surface area contributed by atoms with Gasteiger partial charge in [0.2, 0.25) is 0 Å². The third-order valence-electron chi connectivity index (χ3n) is 7.34. The molecule has 0 aliphatic carbocycles. The number of fused-ring (bicyclic) bond motifs is 1. The van der Waals surface area contributed by atoms with Crippen molar-refractivity contribution in [2.75, 3.05) is 20.3 Å². The molecule has 46 heavy (non-hydrogen) atoms. The molecular weight excluding hydrogens is 588 g/mol. The number of hydrazone groups is 1. The van der Waals surface area contributed by atoms with Crippen molar-refractivity contribution in [2.24, 2.45) is 5.10 Å². The Morgan fingerprint density at radius 3 is 2.67 bits per heavy atom. The number of esters is 1. The molecule has 0 fully saturated rings. The first kappa shape index (κ1) is 31.3. The number of urea groups is 1. The number of nitrogens with one attached hydrogen (secondary N) is 3. The molecule has 12 nitrogen and oxygen atoms in total. The van der Waals surface area contributed by atoms with Gasteiger partial charge in [0.1, 0.15) is 0 Å². The molecular formula is C34H32N6O6. The molecule has 0 unspecified atom stereocenters. The van der Waals surface area contributed by atoms with Gasteiger partial charge in [-0.25, -0.2) is 15.0 Å². The van der Waals surface area contributed by atoms with Crippen molar-refractivity contribution in [2.45, 2.75) is 26.4 Å². The van der Waals surface area contributed by atoms with E-state index in [0.717, 1.165) is 22.0 Å². The minimum atomic E-state index is -0.777. The minimum absolute atomic E-state index is 0.181. The molecule has 4 aromatic rings. The van der Waals surface area contributed by atoms with Crippen LogP contribution in [0.25, 0.3) is 10.9 Å². The SMILES string of the molecule is CCOC(=O)C1=C(C)NC(=O)N[C@H]1c1ccc(OCC(=O)N/N=C\c2cn(Cc3ccccc3C#N)c3ccccc23)c(OC)c1. The normalized spacial score (nSPS) is 14.4. The number of methoxy groups -OCH3 is 1. The van der Waals surface area contributed by atoms with E-state index in [4.69, 9.17) is 14.2 Å². The highest BCUT2D eigenvalue weighted by atomic mass is 16.5. The monoisotopic (exact) mass is 620 g/mol. The highest BCUT2D eigenvalue weighted by Gasteiger charge is 2.32. The number of benzene rings is 3. The van der Waals surface area contributed by atoms with E-state index in [1.807, 2.05) is 53.2 Å². The second-order valence-electron chi connectivity index (χ2n) is 10.3. The summed E-state index contributed by atoms with van der Waals surface area (Å²) in [6, 6.07) is 21.2. The molecule has 1 aromatic heterocycles. The fraction of sp³-hybridized carbons (Fsp3) is 0.206. The average Bonchev–Trinajstić information content (AvgIpc) is 3.40. The van der Waals surface area contributed by atoms with Gasteiger partial charge in [0, 0.05) is 34.9 Å². The van der Waals surface area contributed by atoms with Crippen LogP contribution in [0.1, 0.15) is 42.1 Å². The molecule has 12 heteroatoms. The molecule has 234 valence electrons. The van der Waals surface area contributed by atoms with Gasteiger partial charge in [-0.3, -0.25) is 4.79 Å². The summed E-state index contributed by atoms with van der Waals surface area (Å²) in [6.45, 7) is 3.66. The predicted molar refractivity (Wildman–Crippen MR) is 170 cm³/mol. The molecule has 1 aliphatic heterocycles. The highest BCUT2D eigenvalue weighted by Crippen LogP contribution is 2.34. The summed E-state index contributed by atoms with van der Waals surface area (Å²) in [5, 5.41) is 19.9. The van der Waals surface area contributed by atoms with E-state index in [2.05, 4.69) is 27.2 Å². The smallest absolute Gasteiger partial charge is 0.338 e. The topological polar surface area (TPSA) is 156 Å². The van der Waals surface area contributed by atoms with Crippen LogP contribution in [-0.2, 0) is 20.9 Å². The van der Waals surface area contributed by atoms with Crippen molar-refractivity contribution in [3.8, 4) is 17.6 Å². The van der Waals surface area contributed by atoms with E-state index >= 15 is 0 Å². The van der Waals surface area contributed by atoms with Crippen LogP contribution in [-0.4, -0.2) is 49.0 Å². The molecule has 2 heterocycles. The molecule has 0 spiro atoms. The molecule has 3 aromatic carbocycles. The largest absolute Gasteiger partial charge is 0.493 e. The first-order valence-corrected chi connectivity index (χ1v) is 14.5. The summed E-state index contributed by atoms with van der Waals surface area (Å²) in [5.41, 5.74) is 6.96. The van der Waals surface area contributed by atoms with Gasteiger partial charge in [0.05, 0.1) is 43.2 Å². The molecule has 0 bridgehead atoms. The Bertz CT molecular complexity index is 1900. The number of rotatable bonds is 11. The summed E-state index contributed by atoms with van der Waals surface area (Å²) in [6.07, 6.45) is 3.48. The van der Waals surface area contributed by atoms with Crippen LogP contribution in [0.3, 0.4) is 0 Å². The van der Waals surface area contributed by atoms with Gasteiger partial charge in [-0.1, -0.05) is 42.5 Å². The van der Waals surface area contributed by atoms with E-state index in [1.165, 1.54) is 7.11 Å². The highest BCUT2D eigenvalue weighted by molar-refractivity contribution is 6.00. The van der Waals surface area contributed by atoms with E-state index < -0.39 is 23.9 Å². The third kappa shape index (κ3) is 6.84. The Balaban J connectivity index is 1.25. The van der Waals surface area contributed by atoms with Crippen LogP contribution in [0.2, 0.25) is 0 Å². The van der Waals surface area contributed by atoms with E-state index in [-0.39, 0.29) is 24.5 Å². The first-order chi connectivity index (χ1) is 22.3. The zero-order valence-corrected chi connectivity index (χ0v) is 25.5. The number of para-hydroxylation sites is 1. The number of aromatic nitrogens is 1. The van der Waals surface area contributed by atoms with Crippen molar-refractivity contribution in [3.63, 3.8) is 0 Å². The zero-order valence-electron chi connectivity index (χ0n) is 25.5. The zero-order chi connectivity index (χ0) is 32.6. The van der Waals surface area contributed by atoms with Crippen molar-refractivity contribution >= 4 is 35.0 Å². The Morgan fingerprint density at radius 2 is 1.89 bits per heavy atom. The number of allylic oxidation sites excluding steroid dienone is 1. The average molecular weight is 621 g/mol. The summed E-state index contributed by atoms with van der Waals surface area (Å²) in [5.74, 6) is -0.469. The lowest BCUT2D eigenvalue weighted by Gasteiger charge is -2.28. The maximum Gasteiger partial charge on any atom is 0.338 e. The van der Waals surface area contributed by atoms with Crippen LogP contribution in [0, 0.1) is 11.3 Å². The molecule has 0 saturated heterocycles. The Hall–Kier alpha value is -6.09. The number of ether oxygens (including phenoxy) is 3. The Kier molecular flexibility index (Phi) is 9.63. The third-order valence-corrected chi connectivity index (χ3v) is 7.34. The van der Waals surface area contributed by atoms with E-state index in [9.17, 15) is 19.6 Å². The minimum Gasteiger partial charge on any atom is -0.493 e. The Morgan fingerprint density at radius 1 is 1.11 bits per heavy atom. The van der Waals surface area contributed by atoms with E-state index in [1.54, 1.807) is 44.3 Å². The molecule has 0 radical (unpaired) electrons. The van der Waals surface area contributed by atoms with Crippen LogP contribution in [0.5, 0.6) is 11.5 Å². The maximum absolute atomic E-state index is 12.6. The van der Waals surface area contributed by atoms with Crippen molar-refractivity contribution in [3.05, 3.63) is 106 Å². The van der Waals surface area contributed by atoms with Crippen molar-refractivity contribution < 1.29 is 28.6 Å². The molecule has 1 atom stereocenters. The number of nitrogens with zero attached hydrogens (tertiary/aromatic N) is 3. The van der Waals surface area contributed by atoms with Crippen molar-refractivity contribution in [1.29, 1.82) is 5.26 Å². The van der Waals surface area contributed by atoms with Gasteiger partial charge in [0.25, 0.3) is 5.91 Å². The summed E-state index contributed by atoms with van der Waals surface area (Å²) in [7, 11) is 1.44. The molecule has 3 N–H and O–H groups in total. The molecule has 1 aliphatic rings. The van der Waals surface area contributed by atoms with Crippen LogP contribution < -0.4 is 25.5 Å². The lowest BCUT2D eigenvalue weighted by molar-refractivity contribution is -0.139. The number of hydrogen-bond donors (Lipinski definition) is 3. The second-order valence-corrected chi connectivity index (χ2v) is 10.3. The molecule has 0 saturated carbocycles. The number of hydrogen-bond acceptors (Lipinski definition) is 8. The second kappa shape index (κ2) is 14.1. The van der Waals surface area contributed by atoms with Crippen LogP contribution in [0.15, 0.2) is 89.3 Å². The standard InChI is InChI=1S/C34H32N6O6/c1-4-45-33(42)31-21(2)37-34(43)38-32(31)22-13-14-28(29(15-22)44-3)46-20-30(41)39-36-17-25-19-40(27-12-8-7-11-26(25)27)18-24-10-6-5-9-23(24)16-35/h5-15,17,19,32H,4,18,20H2,1-3H3,(H,39,41)(H2,37,38,43)/b36-17-/t32-/m0/s1. The lowest BCUT2D eigenvalue weighted by Crippen LogP contribution is -2.45. The fourth-order valence-electron chi connectivity index (χ4n) is 5.22. The van der Waals surface area contributed by atoms with Gasteiger partial charge in [-0.2, -0.15) is 10.4 Å². The summed E-state index contributed by atoms with van der Waals surface area (Å²) >= 11 is 0. The van der Waals surface area contributed by atoms with E-state index in [0.29, 0.717) is 29.1 Å². The summed E-state index contributed by atoms with van der Waals surface area (Å²) in [4.78, 5) is 37.4. The predicted octanol–water partition coefficient (Wildman–Crippen LogP) is 4.29. The van der Waals surface area contributed by atoms with Gasteiger partial charge in [-0.15, -0.1) is 0 Å². The fourth-order valence-corrected chi connectivity index (χ4v) is 5.22. The van der Waals surface area contributed by atoms with Gasteiger partial charge in [-0.05, 0) is 49.2 Å². The maximum atomic E-state index is 12.6. The van der Waals surface area contributed by atoms with Crippen LogP contribution >= 0.6 is 0 Å². The summed E-state index contributed by atoms with van der Waals surface area (Å²) < 4.78 is 18.4. The number of amides is 3. The molecule has 3 amide bonds. The lowest BCUT2D eigenvalue weighted by atomic mass is 9.95. The number of nitriles is 1. The van der Waals surface area contributed by atoms with Gasteiger partial charge in [0.15, 0.2) is 18.1 Å². The number of carbonyl (C=O) groups excluding carboxylic acids is 3.